The molecular weight excluding hydrogens is 441 g/mol. The van der Waals surface area contributed by atoms with Crippen LogP contribution in [0.3, 0.4) is 0 Å². The van der Waals surface area contributed by atoms with Crippen LogP contribution >= 0.6 is 0 Å². The number of likely N-dealkylation sites (N-methyl/N-ethyl adjacent to an activating group) is 1. The van der Waals surface area contributed by atoms with Gasteiger partial charge in [-0.2, -0.15) is 13.2 Å². The third kappa shape index (κ3) is 3.28. The summed E-state index contributed by atoms with van der Waals surface area (Å²) < 4.78 is 70.0. The number of halogens is 5. The second-order valence-electron chi connectivity index (χ2n) is 8.11. The number of alkyl halides is 3. The standard InChI is InChI=1S/C20H18F5N3O4/c1-8-13(26(2)19(32)20(23,24)25)7-27(8)16-12(21)5-10-15(14(16)22)28(9-3-4-9)6-11(17(10)29)18(30)31/h5-6,8-9,13H,3-4,7H2,1-2H3,(H,30,31)/t8-,13+/m0/s1. The first-order chi connectivity index (χ1) is 14.8. The number of nitrogens with zero attached hydrogens (tertiary/aromatic N) is 3. The molecule has 2 heterocycles. The van der Waals surface area contributed by atoms with Crippen molar-refractivity contribution in [2.45, 2.75) is 44.1 Å². The van der Waals surface area contributed by atoms with E-state index in [0.29, 0.717) is 17.7 Å². The van der Waals surface area contributed by atoms with Crippen LogP contribution in [0, 0.1) is 11.6 Å². The third-order valence-corrected chi connectivity index (χ3v) is 6.13. The minimum Gasteiger partial charge on any atom is -0.477 e. The lowest BCUT2D eigenvalue weighted by Crippen LogP contribution is -2.67. The van der Waals surface area contributed by atoms with E-state index in [0.717, 1.165) is 19.3 Å². The Morgan fingerprint density at radius 1 is 1.22 bits per heavy atom. The molecule has 2 aromatic rings. The Bertz CT molecular complexity index is 1200. The number of benzene rings is 1. The maximum atomic E-state index is 15.6. The molecule has 1 aromatic heterocycles. The quantitative estimate of drug-likeness (QED) is 0.712. The van der Waals surface area contributed by atoms with E-state index in [2.05, 4.69) is 0 Å². The third-order valence-electron chi connectivity index (χ3n) is 6.13. The Hall–Kier alpha value is -3.18. The van der Waals surface area contributed by atoms with Crippen LogP contribution in [0.15, 0.2) is 17.1 Å². The number of carbonyl (C=O) groups is 2. The molecule has 0 spiro atoms. The van der Waals surface area contributed by atoms with Crippen molar-refractivity contribution in [1.82, 2.24) is 9.47 Å². The van der Waals surface area contributed by atoms with Gasteiger partial charge in [-0.05, 0) is 25.8 Å². The minimum absolute atomic E-state index is 0.249. The second-order valence-corrected chi connectivity index (χ2v) is 8.11. The van der Waals surface area contributed by atoms with Gasteiger partial charge in [0.05, 0.1) is 16.9 Å². The molecule has 0 unspecified atom stereocenters. The summed E-state index contributed by atoms with van der Waals surface area (Å²) in [5.74, 6) is -5.83. The number of carboxylic acid groups (broad SMARTS) is 1. The summed E-state index contributed by atoms with van der Waals surface area (Å²) >= 11 is 0. The van der Waals surface area contributed by atoms with E-state index >= 15 is 4.39 Å². The van der Waals surface area contributed by atoms with Crippen molar-refractivity contribution in [3.05, 3.63) is 39.7 Å². The predicted molar refractivity (Wildman–Crippen MR) is 103 cm³/mol. The van der Waals surface area contributed by atoms with Gasteiger partial charge < -0.3 is 19.5 Å². The molecule has 1 N–H and O–H groups in total. The maximum absolute atomic E-state index is 15.6. The zero-order chi connectivity index (χ0) is 23.7. The van der Waals surface area contributed by atoms with Crippen LogP contribution in [0.2, 0.25) is 0 Å². The van der Waals surface area contributed by atoms with Gasteiger partial charge >= 0.3 is 18.1 Å². The molecule has 2 fully saturated rings. The summed E-state index contributed by atoms with van der Waals surface area (Å²) in [5.41, 5.74) is -2.43. The van der Waals surface area contributed by atoms with Crippen molar-refractivity contribution in [2.24, 2.45) is 0 Å². The number of hydrogen-bond donors (Lipinski definition) is 1. The van der Waals surface area contributed by atoms with E-state index in [1.807, 2.05) is 0 Å². The van der Waals surface area contributed by atoms with Gasteiger partial charge in [0.15, 0.2) is 5.82 Å². The minimum atomic E-state index is -5.07. The molecule has 1 aliphatic heterocycles. The summed E-state index contributed by atoms with van der Waals surface area (Å²) in [6, 6.07) is -1.27. The molecular formula is C20H18F5N3O4. The lowest BCUT2D eigenvalue weighted by Gasteiger charge is -2.51. The molecule has 1 saturated heterocycles. The summed E-state index contributed by atoms with van der Waals surface area (Å²) in [4.78, 5) is 37.1. The number of rotatable bonds is 4. The average molecular weight is 459 g/mol. The van der Waals surface area contributed by atoms with E-state index in [1.54, 1.807) is 0 Å². The average Bonchev–Trinajstić information content (AvgIpc) is 3.53. The molecule has 2 atom stereocenters. The molecule has 4 rings (SSSR count). The van der Waals surface area contributed by atoms with Gasteiger partial charge in [-0.15, -0.1) is 0 Å². The molecule has 1 aliphatic carbocycles. The fourth-order valence-electron chi connectivity index (χ4n) is 4.17. The zero-order valence-electron chi connectivity index (χ0n) is 16.9. The summed E-state index contributed by atoms with van der Waals surface area (Å²) in [7, 11) is 0.972. The van der Waals surface area contributed by atoms with Crippen molar-refractivity contribution in [3.63, 3.8) is 0 Å². The first-order valence-electron chi connectivity index (χ1n) is 9.75. The van der Waals surface area contributed by atoms with E-state index in [4.69, 9.17) is 0 Å². The largest absolute Gasteiger partial charge is 0.477 e. The fraction of sp³-hybridized carbons (Fsp3) is 0.450. The SMILES string of the molecule is C[C@H]1[C@H](N(C)C(=O)C(F)(F)F)CN1c1c(F)cc2c(=O)c(C(=O)O)cn(C3CC3)c2c1F. The Morgan fingerprint density at radius 3 is 2.34 bits per heavy atom. The molecule has 0 bridgehead atoms. The Balaban J connectivity index is 1.78. The molecule has 172 valence electrons. The maximum Gasteiger partial charge on any atom is 0.471 e. The number of carbonyl (C=O) groups excluding carboxylic acids is 1. The summed E-state index contributed by atoms with van der Waals surface area (Å²) in [6.45, 7) is 1.18. The predicted octanol–water partition coefficient (Wildman–Crippen LogP) is 2.91. The van der Waals surface area contributed by atoms with Gasteiger partial charge in [-0.3, -0.25) is 9.59 Å². The number of anilines is 1. The summed E-state index contributed by atoms with van der Waals surface area (Å²) in [5, 5.41) is 8.85. The molecule has 1 aromatic carbocycles. The molecule has 2 aliphatic rings. The van der Waals surface area contributed by atoms with Crippen molar-refractivity contribution in [1.29, 1.82) is 0 Å². The number of carboxylic acids is 1. The zero-order valence-corrected chi connectivity index (χ0v) is 16.9. The van der Waals surface area contributed by atoms with Crippen LogP contribution in [-0.2, 0) is 4.79 Å². The second kappa shape index (κ2) is 7.17. The Kier molecular flexibility index (Phi) is 4.94. The van der Waals surface area contributed by atoms with Crippen molar-refractivity contribution in [2.75, 3.05) is 18.5 Å². The van der Waals surface area contributed by atoms with E-state index in [9.17, 15) is 37.1 Å². The van der Waals surface area contributed by atoms with Gasteiger partial charge in [0.2, 0.25) is 5.43 Å². The van der Waals surface area contributed by atoms with Crippen molar-refractivity contribution < 1.29 is 36.6 Å². The van der Waals surface area contributed by atoms with Crippen LogP contribution < -0.4 is 10.3 Å². The van der Waals surface area contributed by atoms with E-state index in [-0.39, 0.29) is 18.1 Å². The monoisotopic (exact) mass is 459 g/mol. The highest BCUT2D eigenvalue weighted by atomic mass is 19.4. The van der Waals surface area contributed by atoms with Gasteiger partial charge in [0.1, 0.15) is 17.1 Å². The highest BCUT2D eigenvalue weighted by Gasteiger charge is 2.49. The smallest absolute Gasteiger partial charge is 0.471 e. The number of amides is 1. The van der Waals surface area contributed by atoms with Crippen LogP contribution in [0.1, 0.15) is 36.2 Å². The normalized spacial score (nSPS) is 20.9. The fourth-order valence-corrected chi connectivity index (χ4v) is 4.17. The van der Waals surface area contributed by atoms with Gasteiger partial charge in [-0.25, -0.2) is 13.6 Å². The number of fused-ring (bicyclic) bond motifs is 1. The highest BCUT2D eigenvalue weighted by Crippen LogP contribution is 2.41. The van der Waals surface area contributed by atoms with Crippen LogP contribution in [0.5, 0.6) is 0 Å². The molecule has 7 nitrogen and oxygen atoms in total. The van der Waals surface area contributed by atoms with Gasteiger partial charge in [-0.1, -0.05) is 0 Å². The lowest BCUT2D eigenvalue weighted by atomic mass is 9.94. The van der Waals surface area contributed by atoms with Crippen molar-refractivity contribution >= 4 is 28.5 Å². The van der Waals surface area contributed by atoms with Crippen molar-refractivity contribution in [3.8, 4) is 0 Å². The molecule has 0 radical (unpaired) electrons. The topological polar surface area (TPSA) is 82.8 Å². The lowest BCUT2D eigenvalue weighted by molar-refractivity contribution is -0.187. The Morgan fingerprint density at radius 2 is 1.84 bits per heavy atom. The first kappa shape index (κ1) is 22.0. The summed E-state index contributed by atoms with van der Waals surface area (Å²) in [6.07, 6.45) is -2.80. The van der Waals surface area contributed by atoms with Gasteiger partial charge in [0, 0.05) is 31.9 Å². The molecule has 1 saturated carbocycles. The highest BCUT2D eigenvalue weighted by molar-refractivity contribution is 5.94. The van der Waals surface area contributed by atoms with Crippen LogP contribution in [0.4, 0.5) is 27.6 Å². The van der Waals surface area contributed by atoms with Gasteiger partial charge in [0.25, 0.3) is 0 Å². The van der Waals surface area contributed by atoms with E-state index < -0.39 is 63.8 Å². The number of hydrogen-bond acceptors (Lipinski definition) is 4. The number of aromatic carboxylic acids is 1. The number of pyridine rings is 1. The van der Waals surface area contributed by atoms with Crippen LogP contribution in [-0.4, -0.2) is 58.3 Å². The Labute approximate surface area is 177 Å². The number of aromatic nitrogens is 1. The first-order valence-corrected chi connectivity index (χ1v) is 9.75. The molecule has 1 amide bonds. The van der Waals surface area contributed by atoms with Crippen LogP contribution in [0.25, 0.3) is 10.9 Å². The molecule has 12 heteroatoms. The molecule has 32 heavy (non-hydrogen) atoms. The van der Waals surface area contributed by atoms with E-state index in [1.165, 1.54) is 16.4 Å².